The van der Waals surface area contributed by atoms with Gasteiger partial charge in [-0.05, 0) is 13.0 Å². The first-order valence-corrected chi connectivity index (χ1v) is 4.92. The van der Waals surface area contributed by atoms with E-state index >= 15 is 0 Å². The van der Waals surface area contributed by atoms with Gasteiger partial charge in [0.25, 0.3) is 0 Å². The number of nitrogens with two attached hydrogens (primary N) is 1. The molecular weight excluding hydrogens is 186 g/mol. The van der Waals surface area contributed by atoms with Gasteiger partial charge in [-0.15, -0.1) is 0 Å². The number of hydrogen-bond donors (Lipinski definition) is 2. The molecule has 0 aliphatic rings. The molecule has 0 radical (unpaired) electrons. The summed E-state index contributed by atoms with van der Waals surface area (Å²) in [5.41, 5.74) is 5.66. The second-order valence-corrected chi connectivity index (χ2v) is 3.94. The molecule has 0 amide bonds. The molecule has 0 fully saturated rings. The van der Waals surface area contributed by atoms with Crippen LogP contribution in [-0.2, 0) is 0 Å². The fourth-order valence-corrected chi connectivity index (χ4v) is 1.60. The van der Waals surface area contributed by atoms with E-state index in [-0.39, 0.29) is 17.9 Å². The van der Waals surface area contributed by atoms with Crippen LogP contribution in [0.4, 0.5) is 0 Å². The minimum Gasteiger partial charge on any atom is -0.395 e. The molecule has 4 nitrogen and oxygen atoms in total. The lowest BCUT2D eigenvalue weighted by atomic mass is 10.3. The van der Waals surface area contributed by atoms with Gasteiger partial charge in [0.1, 0.15) is 0 Å². The Morgan fingerprint density at radius 2 is 2.15 bits per heavy atom. The summed E-state index contributed by atoms with van der Waals surface area (Å²) in [6.45, 7) is 1.90. The smallest absolute Gasteiger partial charge is 0.187 e. The molecule has 0 aliphatic heterocycles. The molecule has 1 aromatic heterocycles. The second-order valence-electron chi connectivity index (χ2n) is 2.73. The van der Waals surface area contributed by atoms with Gasteiger partial charge >= 0.3 is 0 Å². The third kappa shape index (κ3) is 3.30. The molecule has 2 unspecified atom stereocenters. The van der Waals surface area contributed by atoms with E-state index in [9.17, 15) is 0 Å². The SMILES string of the molecule is CC(N)C(CO)Sc1ncccn1. The Kier molecular flexibility index (Phi) is 4.14. The average Bonchev–Trinajstić information content (AvgIpc) is 2.15. The van der Waals surface area contributed by atoms with Crippen LogP contribution >= 0.6 is 11.8 Å². The predicted octanol–water partition coefficient (Wildman–Crippen LogP) is 0.277. The quantitative estimate of drug-likeness (QED) is 0.538. The summed E-state index contributed by atoms with van der Waals surface area (Å²) in [7, 11) is 0. The Labute approximate surface area is 81.6 Å². The predicted molar refractivity (Wildman–Crippen MR) is 52.4 cm³/mol. The minimum absolute atomic E-state index is 0.0394. The molecule has 1 rings (SSSR count). The molecule has 0 aliphatic carbocycles. The zero-order chi connectivity index (χ0) is 9.68. The maximum atomic E-state index is 9.00. The van der Waals surface area contributed by atoms with Crippen molar-refractivity contribution in [2.45, 2.75) is 23.4 Å². The van der Waals surface area contributed by atoms with Crippen LogP contribution in [0.25, 0.3) is 0 Å². The van der Waals surface area contributed by atoms with Crippen molar-refractivity contribution in [2.75, 3.05) is 6.61 Å². The highest BCUT2D eigenvalue weighted by atomic mass is 32.2. The van der Waals surface area contributed by atoms with Crippen molar-refractivity contribution in [2.24, 2.45) is 5.73 Å². The van der Waals surface area contributed by atoms with Crippen molar-refractivity contribution in [1.82, 2.24) is 9.97 Å². The van der Waals surface area contributed by atoms with E-state index in [0.717, 1.165) is 0 Å². The number of nitrogens with zero attached hydrogens (tertiary/aromatic N) is 2. The molecule has 13 heavy (non-hydrogen) atoms. The highest BCUT2D eigenvalue weighted by Crippen LogP contribution is 2.19. The van der Waals surface area contributed by atoms with Crippen molar-refractivity contribution in [3.8, 4) is 0 Å². The van der Waals surface area contributed by atoms with E-state index in [1.807, 2.05) is 6.92 Å². The highest BCUT2D eigenvalue weighted by Gasteiger charge is 2.14. The third-order valence-electron chi connectivity index (χ3n) is 1.57. The molecule has 0 aromatic carbocycles. The molecular formula is C8H13N3OS. The number of aliphatic hydroxyl groups is 1. The summed E-state index contributed by atoms with van der Waals surface area (Å²) in [5.74, 6) is 0. The molecule has 5 heteroatoms. The van der Waals surface area contributed by atoms with E-state index in [1.165, 1.54) is 11.8 Å². The lowest BCUT2D eigenvalue weighted by molar-refractivity contribution is 0.285. The van der Waals surface area contributed by atoms with Crippen LogP contribution in [0, 0.1) is 0 Å². The van der Waals surface area contributed by atoms with Crippen LogP contribution in [0.2, 0.25) is 0 Å². The summed E-state index contributed by atoms with van der Waals surface area (Å²) in [6, 6.07) is 1.68. The summed E-state index contributed by atoms with van der Waals surface area (Å²) in [6.07, 6.45) is 3.34. The third-order valence-corrected chi connectivity index (χ3v) is 2.87. The molecule has 2 atom stereocenters. The van der Waals surface area contributed by atoms with Gasteiger partial charge in [-0.3, -0.25) is 0 Å². The van der Waals surface area contributed by atoms with Crippen LogP contribution < -0.4 is 5.73 Å². The lowest BCUT2D eigenvalue weighted by Crippen LogP contribution is -2.31. The molecule has 1 heterocycles. The molecule has 1 aromatic rings. The fraction of sp³-hybridized carbons (Fsp3) is 0.500. The van der Waals surface area contributed by atoms with Crippen LogP contribution in [0.1, 0.15) is 6.92 Å². The topological polar surface area (TPSA) is 72.0 Å². The Morgan fingerprint density at radius 1 is 1.54 bits per heavy atom. The van der Waals surface area contributed by atoms with Crippen LogP contribution in [0.15, 0.2) is 23.6 Å². The number of rotatable bonds is 4. The Bertz CT molecular complexity index is 242. The lowest BCUT2D eigenvalue weighted by Gasteiger charge is -2.15. The number of aliphatic hydroxyl groups excluding tert-OH is 1. The first-order chi connectivity index (χ1) is 6.24. The van der Waals surface area contributed by atoms with Gasteiger partial charge in [0.05, 0.1) is 11.9 Å². The van der Waals surface area contributed by atoms with E-state index in [2.05, 4.69) is 9.97 Å². The van der Waals surface area contributed by atoms with Crippen molar-refractivity contribution in [3.05, 3.63) is 18.5 Å². The van der Waals surface area contributed by atoms with Crippen molar-refractivity contribution in [1.29, 1.82) is 0 Å². The van der Waals surface area contributed by atoms with Crippen molar-refractivity contribution >= 4 is 11.8 Å². The van der Waals surface area contributed by atoms with E-state index < -0.39 is 0 Å². The largest absolute Gasteiger partial charge is 0.395 e. The highest BCUT2D eigenvalue weighted by molar-refractivity contribution is 7.99. The van der Waals surface area contributed by atoms with E-state index in [4.69, 9.17) is 10.8 Å². The van der Waals surface area contributed by atoms with Gasteiger partial charge < -0.3 is 10.8 Å². The monoisotopic (exact) mass is 199 g/mol. The zero-order valence-corrected chi connectivity index (χ0v) is 8.24. The summed E-state index contributed by atoms with van der Waals surface area (Å²) >= 11 is 1.40. The second kappa shape index (κ2) is 5.16. The molecule has 0 saturated heterocycles. The number of hydrogen-bond acceptors (Lipinski definition) is 5. The zero-order valence-electron chi connectivity index (χ0n) is 7.42. The first kappa shape index (κ1) is 10.4. The Morgan fingerprint density at radius 3 is 2.62 bits per heavy atom. The number of aromatic nitrogens is 2. The average molecular weight is 199 g/mol. The minimum atomic E-state index is -0.0705. The molecule has 3 N–H and O–H groups in total. The summed E-state index contributed by atoms with van der Waals surface area (Å²) < 4.78 is 0. The van der Waals surface area contributed by atoms with Crippen LogP contribution in [0.5, 0.6) is 0 Å². The van der Waals surface area contributed by atoms with Gasteiger partial charge in [-0.2, -0.15) is 0 Å². The Hall–Kier alpha value is -0.650. The molecule has 0 spiro atoms. The summed E-state index contributed by atoms with van der Waals surface area (Å²) in [4.78, 5) is 8.07. The van der Waals surface area contributed by atoms with Crippen molar-refractivity contribution < 1.29 is 5.11 Å². The van der Waals surface area contributed by atoms with E-state index in [1.54, 1.807) is 18.5 Å². The van der Waals surface area contributed by atoms with E-state index in [0.29, 0.717) is 5.16 Å². The van der Waals surface area contributed by atoms with Gasteiger partial charge in [0.2, 0.25) is 0 Å². The van der Waals surface area contributed by atoms with Crippen LogP contribution in [-0.4, -0.2) is 33.0 Å². The molecule has 0 bridgehead atoms. The fourth-order valence-electron chi connectivity index (χ4n) is 0.793. The van der Waals surface area contributed by atoms with Gasteiger partial charge in [-0.1, -0.05) is 11.8 Å². The summed E-state index contributed by atoms with van der Waals surface area (Å²) in [5, 5.41) is 9.61. The standard InChI is InChI=1S/C8H13N3OS/c1-6(9)7(5-12)13-8-10-3-2-4-11-8/h2-4,6-7,12H,5,9H2,1H3. The van der Waals surface area contributed by atoms with Gasteiger partial charge in [-0.25, -0.2) is 9.97 Å². The Balaban J connectivity index is 2.57. The van der Waals surface area contributed by atoms with Crippen molar-refractivity contribution in [3.63, 3.8) is 0 Å². The van der Waals surface area contributed by atoms with Crippen LogP contribution in [0.3, 0.4) is 0 Å². The van der Waals surface area contributed by atoms with Gasteiger partial charge in [0, 0.05) is 18.4 Å². The number of thioether (sulfide) groups is 1. The maximum Gasteiger partial charge on any atom is 0.187 e. The maximum absolute atomic E-state index is 9.00. The van der Waals surface area contributed by atoms with Gasteiger partial charge in [0.15, 0.2) is 5.16 Å². The first-order valence-electron chi connectivity index (χ1n) is 4.04. The normalized spacial score (nSPS) is 15.3. The molecule has 0 saturated carbocycles. The molecule has 72 valence electrons.